The van der Waals surface area contributed by atoms with Gasteiger partial charge < -0.3 is 10.1 Å². The lowest BCUT2D eigenvalue weighted by Crippen LogP contribution is -2.43. The van der Waals surface area contributed by atoms with E-state index in [1.54, 1.807) is 14.0 Å². The molecular weight excluding hydrogens is 328 g/mol. The van der Waals surface area contributed by atoms with E-state index in [2.05, 4.69) is 5.32 Å². The molecule has 1 aromatic rings. The summed E-state index contributed by atoms with van der Waals surface area (Å²) in [7, 11) is -1.54. The van der Waals surface area contributed by atoms with Crippen LogP contribution in [0.2, 0.25) is 0 Å². The standard InChI is InChI=1S/C17H26N2O4S/c1-4-24(21,22)19-11-9-15(10-12-19)17(20)18-13(2)14-5-7-16(23-3)8-6-14/h5-8,13,15H,4,9-12H2,1-3H3,(H,18,20)/t13-/m0/s1. The second kappa shape index (κ2) is 7.98. The lowest BCUT2D eigenvalue weighted by molar-refractivity contribution is -0.126. The predicted molar refractivity (Wildman–Crippen MR) is 93.3 cm³/mol. The zero-order valence-electron chi connectivity index (χ0n) is 14.5. The van der Waals surface area contributed by atoms with Gasteiger partial charge in [-0.25, -0.2) is 12.7 Å². The van der Waals surface area contributed by atoms with Crippen molar-refractivity contribution in [2.45, 2.75) is 32.7 Å². The Morgan fingerprint density at radius 3 is 2.38 bits per heavy atom. The summed E-state index contributed by atoms with van der Waals surface area (Å²) >= 11 is 0. The van der Waals surface area contributed by atoms with E-state index in [0.717, 1.165) is 11.3 Å². The molecule has 0 unspecified atom stereocenters. The molecule has 7 heteroatoms. The molecular formula is C17H26N2O4S. The highest BCUT2D eigenvalue weighted by atomic mass is 32.2. The van der Waals surface area contributed by atoms with Crippen LogP contribution in [0.5, 0.6) is 5.75 Å². The molecule has 1 fully saturated rings. The summed E-state index contributed by atoms with van der Waals surface area (Å²) in [6, 6.07) is 7.50. The second-order valence-corrected chi connectivity index (χ2v) is 8.33. The van der Waals surface area contributed by atoms with E-state index in [9.17, 15) is 13.2 Å². The van der Waals surface area contributed by atoms with Gasteiger partial charge in [0.15, 0.2) is 0 Å². The van der Waals surface area contributed by atoms with Crippen LogP contribution in [0.15, 0.2) is 24.3 Å². The fourth-order valence-electron chi connectivity index (χ4n) is 2.89. The lowest BCUT2D eigenvalue weighted by atomic mass is 9.96. The Bertz CT molecular complexity index is 650. The van der Waals surface area contributed by atoms with Crippen molar-refractivity contribution in [3.63, 3.8) is 0 Å². The van der Waals surface area contributed by atoms with E-state index < -0.39 is 10.0 Å². The van der Waals surface area contributed by atoms with E-state index in [1.165, 1.54) is 4.31 Å². The van der Waals surface area contributed by atoms with Crippen LogP contribution in [-0.4, -0.2) is 44.6 Å². The van der Waals surface area contributed by atoms with Gasteiger partial charge in [0.2, 0.25) is 15.9 Å². The molecule has 6 nitrogen and oxygen atoms in total. The molecule has 0 bridgehead atoms. The van der Waals surface area contributed by atoms with Gasteiger partial charge in [-0.1, -0.05) is 12.1 Å². The molecule has 0 aromatic heterocycles. The number of amides is 1. The Hall–Kier alpha value is -1.60. The number of carbonyl (C=O) groups is 1. The molecule has 1 atom stereocenters. The van der Waals surface area contributed by atoms with Crippen LogP contribution in [0, 0.1) is 5.92 Å². The highest BCUT2D eigenvalue weighted by Crippen LogP contribution is 2.22. The molecule has 0 radical (unpaired) electrons. The van der Waals surface area contributed by atoms with E-state index in [-0.39, 0.29) is 23.6 Å². The molecule has 0 spiro atoms. The topological polar surface area (TPSA) is 75.7 Å². The van der Waals surface area contributed by atoms with Gasteiger partial charge in [-0.3, -0.25) is 4.79 Å². The van der Waals surface area contributed by atoms with Gasteiger partial charge in [0.05, 0.1) is 18.9 Å². The summed E-state index contributed by atoms with van der Waals surface area (Å²) < 4.78 is 30.3. The minimum absolute atomic E-state index is 0.00753. The van der Waals surface area contributed by atoms with Crippen molar-refractivity contribution in [1.29, 1.82) is 0 Å². The molecule has 1 saturated heterocycles. The molecule has 2 rings (SSSR count). The van der Waals surface area contributed by atoms with Crippen molar-refractivity contribution in [2.24, 2.45) is 5.92 Å². The minimum atomic E-state index is -3.15. The number of benzene rings is 1. The number of piperidine rings is 1. The van der Waals surface area contributed by atoms with E-state index in [4.69, 9.17) is 4.74 Å². The van der Waals surface area contributed by atoms with Gasteiger partial charge in [0, 0.05) is 19.0 Å². The third-order valence-corrected chi connectivity index (χ3v) is 6.44. The Morgan fingerprint density at radius 1 is 1.29 bits per heavy atom. The molecule has 134 valence electrons. The monoisotopic (exact) mass is 354 g/mol. The molecule has 1 N–H and O–H groups in total. The van der Waals surface area contributed by atoms with Gasteiger partial charge in [0.1, 0.15) is 5.75 Å². The predicted octanol–water partition coefficient (Wildman–Crippen LogP) is 1.93. The summed E-state index contributed by atoms with van der Waals surface area (Å²) in [6.45, 7) is 4.43. The van der Waals surface area contributed by atoms with Gasteiger partial charge in [0.25, 0.3) is 0 Å². The smallest absolute Gasteiger partial charge is 0.223 e. The summed E-state index contributed by atoms with van der Waals surface area (Å²) in [4.78, 5) is 12.4. The van der Waals surface area contributed by atoms with E-state index in [1.807, 2.05) is 31.2 Å². The first-order chi connectivity index (χ1) is 11.4. The molecule has 1 aromatic carbocycles. The first-order valence-electron chi connectivity index (χ1n) is 8.29. The lowest BCUT2D eigenvalue weighted by Gasteiger charge is -2.31. The van der Waals surface area contributed by atoms with Gasteiger partial charge in [-0.2, -0.15) is 0 Å². The van der Waals surface area contributed by atoms with Crippen molar-refractivity contribution < 1.29 is 17.9 Å². The number of rotatable bonds is 6. The summed E-state index contributed by atoms with van der Waals surface area (Å²) in [5.74, 6) is 0.751. The van der Waals surface area contributed by atoms with Crippen LogP contribution >= 0.6 is 0 Å². The maximum absolute atomic E-state index is 12.4. The van der Waals surface area contributed by atoms with Crippen LogP contribution in [0.3, 0.4) is 0 Å². The van der Waals surface area contributed by atoms with Crippen molar-refractivity contribution in [3.05, 3.63) is 29.8 Å². The van der Waals surface area contributed by atoms with Crippen LogP contribution in [0.4, 0.5) is 0 Å². The average molecular weight is 354 g/mol. The molecule has 0 saturated carbocycles. The molecule has 0 aliphatic carbocycles. The van der Waals surface area contributed by atoms with Crippen molar-refractivity contribution in [2.75, 3.05) is 26.0 Å². The van der Waals surface area contributed by atoms with Gasteiger partial charge in [-0.15, -0.1) is 0 Å². The van der Waals surface area contributed by atoms with Crippen LogP contribution in [0.1, 0.15) is 38.3 Å². The highest BCUT2D eigenvalue weighted by molar-refractivity contribution is 7.89. The minimum Gasteiger partial charge on any atom is -0.497 e. The molecule has 1 aliphatic rings. The first kappa shape index (κ1) is 18.7. The summed E-state index contributed by atoms with van der Waals surface area (Å²) in [5.41, 5.74) is 1.01. The van der Waals surface area contributed by atoms with Gasteiger partial charge >= 0.3 is 0 Å². The Kier molecular flexibility index (Phi) is 6.23. The first-order valence-corrected chi connectivity index (χ1v) is 9.90. The fourth-order valence-corrected chi connectivity index (χ4v) is 4.02. The Morgan fingerprint density at radius 2 is 1.88 bits per heavy atom. The summed E-state index contributed by atoms with van der Waals surface area (Å²) in [5, 5.41) is 3.02. The third-order valence-electron chi connectivity index (χ3n) is 4.56. The number of sulfonamides is 1. The Labute approximate surface area is 144 Å². The quantitative estimate of drug-likeness (QED) is 0.847. The number of methoxy groups -OCH3 is 1. The molecule has 1 aliphatic heterocycles. The van der Waals surface area contributed by atoms with Crippen molar-refractivity contribution in [1.82, 2.24) is 9.62 Å². The maximum Gasteiger partial charge on any atom is 0.223 e. The van der Waals surface area contributed by atoms with Crippen molar-refractivity contribution >= 4 is 15.9 Å². The third kappa shape index (κ3) is 4.48. The summed E-state index contributed by atoms with van der Waals surface area (Å²) in [6.07, 6.45) is 1.14. The van der Waals surface area contributed by atoms with Crippen LogP contribution in [-0.2, 0) is 14.8 Å². The zero-order valence-corrected chi connectivity index (χ0v) is 15.3. The molecule has 24 heavy (non-hydrogen) atoms. The van der Waals surface area contributed by atoms with Crippen LogP contribution in [0.25, 0.3) is 0 Å². The second-order valence-electron chi connectivity index (χ2n) is 6.08. The number of carbonyl (C=O) groups excluding carboxylic acids is 1. The highest BCUT2D eigenvalue weighted by Gasteiger charge is 2.30. The number of ether oxygens (including phenoxy) is 1. The SMILES string of the molecule is CCS(=O)(=O)N1CCC(C(=O)N[C@@H](C)c2ccc(OC)cc2)CC1. The zero-order chi connectivity index (χ0) is 17.7. The number of hydrogen-bond acceptors (Lipinski definition) is 4. The average Bonchev–Trinajstić information content (AvgIpc) is 2.61. The number of nitrogens with one attached hydrogen (secondary N) is 1. The number of hydrogen-bond donors (Lipinski definition) is 1. The molecule has 1 heterocycles. The van der Waals surface area contributed by atoms with E-state index in [0.29, 0.717) is 25.9 Å². The van der Waals surface area contributed by atoms with Crippen LogP contribution < -0.4 is 10.1 Å². The fraction of sp³-hybridized carbons (Fsp3) is 0.588. The number of nitrogens with zero attached hydrogens (tertiary/aromatic N) is 1. The maximum atomic E-state index is 12.4. The van der Waals surface area contributed by atoms with Crippen molar-refractivity contribution in [3.8, 4) is 5.75 Å². The Balaban J connectivity index is 1.89. The van der Waals surface area contributed by atoms with Gasteiger partial charge in [-0.05, 0) is 44.4 Å². The normalized spacial score (nSPS) is 18.1. The van der Waals surface area contributed by atoms with E-state index >= 15 is 0 Å². The largest absolute Gasteiger partial charge is 0.497 e. The molecule has 1 amide bonds.